The molecule has 2 aromatic heterocycles. The van der Waals surface area contributed by atoms with Crippen molar-refractivity contribution in [3.8, 4) is 0 Å². The molecule has 0 fully saturated rings. The lowest BCUT2D eigenvalue weighted by molar-refractivity contribution is 0.452. The van der Waals surface area contributed by atoms with E-state index in [4.69, 9.17) is 5.84 Å². The first-order chi connectivity index (χ1) is 8.81. The molecule has 3 nitrogen and oxygen atoms in total. The third kappa shape index (κ3) is 1.86. The zero-order valence-electron chi connectivity index (χ0n) is 10.4. The fourth-order valence-electron chi connectivity index (χ4n) is 2.85. The van der Waals surface area contributed by atoms with Crippen LogP contribution in [0.4, 0.5) is 0 Å². The van der Waals surface area contributed by atoms with Crippen molar-refractivity contribution in [2.24, 2.45) is 5.84 Å². The molecule has 2 unspecified atom stereocenters. The maximum Gasteiger partial charge on any atom is 0.0639 e. The topological polar surface area (TPSA) is 50.9 Å². The summed E-state index contributed by atoms with van der Waals surface area (Å²) in [6, 6.07) is 6.53. The summed E-state index contributed by atoms with van der Waals surface area (Å²) in [5.41, 5.74) is 6.90. The predicted octanol–water partition coefficient (Wildman–Crippen LogP) is 2.69. The molecule has 3 rings (SSSR count). The summed E-state index contributed by atoms with van der Waals surface area (Å²) in [6.45, 7) is 2.14. The molecule has 0 saturated heterocycles. The van der Waals surface area contributed by atoms with Crippen LogP contribution in [0, 0.1) is 6.92 Å². The van der Waals surface area contributed by atoms with Gasteiger partial charge in [0.2, 0.25) is 0 Å². The molecular weight excluding hydrogens is 242 g/mol. The molecule has 4 heteroatoms. The van der Waals surface area contributed by atoms with Crippen LogP contribution in [0.1, 0.15) is 40.1 Å². The number of nitrogens with zero attached hydrogens (tertiary/aromatic N) is 1. The number of rotatable bonds is 3. The van der Waals surface area contributed by atoms with Crippen molar-refractivity contribution in [1.29, 1.82) is 0 Å². The van der Waals surface area contributed by atoms with Gasteiger partial charge in [0.25, 0.3) is 0 Å². The van der Waals surface area contributed by atoms with Crippen molar-refractivity contribution in [2.45, 2.75) is 31.7 Å². The molecular formula is C14H17N3S. The third-order valence-electron chi connectivity index (χ3n) is 3.77. The SMILES string of the molecule is Cc1ccsc1C(NN)C1CCc2cccnc21. The van der Waals surface area contributed by atoms with Crippen LogP contribution in [0.5, 0.6) is 0 Å². The lowest BCUT2D eigenvalue weighted by Crippen LogP contribution is -2.32. The van der Waals surface area contributed by atoms with Gasteiger partial charge in [-0.15, -0.1) is 11.3 Å². The van der Waals surface area contributed by atoms with E-state index in [1.807, 2.05) is 12.3 Å². The van der Waals surface area contributed by atoms with Gasteiger partial charge in [-0.2, -0.15) is 0 Å². The summed E-state index contributed by atoms with van der Waals surface area (Å²) in [5.74, 6) is 6.19. The summed E-state index contributed by atoms with van der Waals surface area (Å²) in [5, 5.41) is 2.13. The van der Waals surface area contributed by atoms with E-state index in [9.17, 15) is 0 Å². The van der Waals surface area contributed by atoms with Crippen LogP contribution in [0.2, 0.25) is 0 Å². The highest BCUT2D eigenvalue weighted by molar-refractivity contribution is 7.10. The predicted molar refractivity (Wildman–Crippen MR) is 74.4 cm³/mol. The van der Waals surface area contributed by atoms with Crippen LogP contribution < -0.4 is 11.3 Å². The Hall–Kier alpha value is -1.23. The van der Waals surface area contributed by atoms with E-state index in [0.717, 1.165) is 12.8 Å². The van der Waals surface area contributed by atoms with E-state index in [2.05, 4.69) is 34.8 Å². The number of hydrazine groups is 1. The molecule has 3 N–H and O–H groups in total. The minimum Gasteiger partial charge on any atom is -0.271 e. The smallest absolute Gasteiger partial charge is 0.0639 e. The zero-order chi connectivity index (χ0) is 12.5. The van der Waals surface area contributed by atoms with Crippen LogP contribution >= 0.6 is 11.3 Å². The van der Waals surface area contributed by atoms with Crippen LogP contribution in [-0.2, 0) is 6.42 Å². The second kappa shape index (κ2) is 4.80. The highest BCUT2D eigenvalue weighted by Crippen LogP contribution is 2.42. The van der Waals surface area contributed by atoms with E-state index in [1.165, 1.54) is 21.7 Å². The van der Waals surface area contributed by atoms with Crippen molar-refractivity contribution in [2.75, 3.05) is 0 Å². The molecule has 2 atom stereocenters. The number of nitrogens with one attached hydrogen (secondary N) is 1. The summed E-state index contributed by atoms with van der Waals surface area (Å²) >= 11 is 1.77. The Bertz CT molecular complexity index is 549. The van der Waals surface area contributed by atoms with E-state index in [0.29, 0.717) is 5.92 Å². The van der Waals surface area contributed by atoms with Crippen molar-refractivity contribution in [1.82, 2.24) is 10.4 Å². The number of hydrogen-bond donors (Lipinski definition) is 2. The molecule has 94 valence electrons. The van der Waals surface area contributed by atoms with Crippen LogP contribution in [0.3, 0.4) is 0 Å². The zero-order valence-corrected chi connectivity index (χ0v) is 11.2. The number of aryl methyl sites for hydroxylation is 2. The van der Waals surface area contributed by atoms with Gasteiger partial charge in [-0.05, 0) is 48.4 Å². The average Bonchev–Trinajstić information content (AvgIpc) is 2.99. The van der Waals surface area contributed by atoms with Gasteiger partial charge in [-0.1, -0.05) is 6.07 Å². The van der Waals surface area contributed by atoms with Gasteiger partial charge < -0.3 is 0 Å². The average molecular weight is 259 g/mol. The van der Waals surface area contributed by atoms with Gasteiger partial charge >= 0.3 is 0 Å². The highest BCUT2D eigenvalue weighted by atomic mass is 32.1. The molecule has 2 heterocycles. The highest BCUT2D eigenvalue weighted by Gasteiger charge is 2.32. The Morgan fingerprint density at radius 3 is 3.11 bits per heavy atom. The van der Waals surface area contributed by atoms with Gasteiger partial charge in [-0.3, -0.25) is 16.3 Å². The number of aromatic nitrogens is 1. The summed E-state index contributed by atoms with van der Waals surface area (Å²) in [4.78, 5) is 5.89. The summed E-state index contributed by atoms with van der Waals surface area (Å²) in [6.07, 6.45) is 4.11. The fourth-order valence-corrected chi connectivity index (χ4v) is 3.90. The minimum atomic E-state index is 0.182. The van der Waals surface area contributed by atoms with Crippen LogP contribution in [0.25, 0.3) is 0 Å². The summed E-state index contributed by atoms with van der Waals surface area (Å²) in [7, 11) is 0. The first-order valence-corrected chi connectivity index (χ1v) is 7.13. The van der Waals surface area contributed by atoms with E-state index in [-0.39, 0.29) is 6.04 Å². The molecule has 0 aliphatic heterocycles. The number of pyridine rings is 1. The van der Waals surface area contributed by atoms with Gasteiger partial charge in [0, 0.05) is 22.7 Å². The molecule has 0 radical (unpaired) electrons. The standard InChI is InChI=1S/C14H17N3S/c1-9-6-8-18-14(9)13(17-15)11-5-4-10-3-2-7-16-12(10)11/h2-3,6-8,11,13,17H,4-5,15H2,1H3. The number of hydrogen-bond acceptors (Lipinski definition) is 4. The quantitative estimate of drug-likeness (QED) is 0.658. The Morgan fingerprint density at radius 2 is 2.39 bits per heavy atom. The van der Waals surface area contributed by atoms with Gasteiger partial charge in [0.1, 0.15) is 0 Å². The number of thiophene rings is 1. The largest absolute Gasteiger partial charge is 0.271 e. The molecule has 0 spiro atoms. The lowest BCUT2D eigenvalue weighted by Gasteiger charge is -2.22. The van der Waals surface area contributed by atoms with Gasteiger partial charge in [0.15, 0.2) is 0 Å². The molecule has 0 saturated carbocycles. The van der Waals surface area contributed by atoms with Crippen molar-refractivity contribution < 1.29 is 0 Å². The molecule has 0 aromatic carbocycles. The lowest BCUT2D eigenvalue weighted by atomic mass is 9.94. The number of nitrogens with two attached hydrogens (primary N) is 1. The summed E-state index contributed by atoms with van der Waals surface area (Å²) < 4.78 is 0. The monoisotopic (exact) mass is 259 g/mol. The Balaban J connectivity index is 1.98. The molecule has 0 bridgehead atoms. The van der Waals surface area contributed by atoms with Crippen LogP contribution in [-0.4, -0.2) is 4.98 Å². The third-order valence-corrected chi connectivity index (χ3v) is 4.87. The molecule has 1 aliphatic carbocycles. The molecule has 0 amide bonds. The van der Waals surface area contributed by atoms with Crippen molar-refractivity contribution in [3.05, 3.63) is 51.5 Å². The Kier molecular flexibility index (Phi) is 3.16. The maximum atomic E-state index is 5.80. The van der Waals surface area contributed by atoms with E-state index < -0.39 is 0 Å². The number of fused-ring (bicyclic) bond motifs is 1. The van der Waals surface area contributed by atoms with Gasteiger partial charge in [0.05, 0.1) is 6.04 Å². The van der Waals surface area contributed by atoms with E-state index >= 15 is 0 Å². The van der Waals surface area contributed by atoms with E-state index in [1.54, 1.807) is 11.3 Å². The van der Waals surface area contributed by atoms with Crippen LogP contribution in [0.15, 0.2) is 29.8 Å². The second-order valence-corrected chi connectivity index (χ2v) is 5.75. The Morgan fingerprint density at radius 1 is 1.50 bits per heavy atom. The maximum absolute atomic E-state index is 5.80. The molecule has 2 aromatic rings. The Labute approximate surface area is 111 Å². The normalized spacial score (nSPS) is 19.8. The first-order valence-electron chi connectivity index (χ1n) is 6.25. The van der Waals surface area contributed by atoms with Crippen molar-refractivity contribution >= 4 is 11.3 Å². The van der Waals surface area contributed by atoms with Crippen molar-refractivity contribution in [3.63, 3.8) is 0 Å². The fraction of sp³-hybridized carbons (Fsp3) is 0.357. The van der Waals surface area contributed by atoms with Gasteiger partial charge in [-0.25, -0.2) is 0 Å². The first kappa shape index (κ1) is 11.8. The molecule has 1 aliphatic rings. The second-order valence-electron chi connectivity index (χ2n) is 4.81. The minimum absolute atomic E-state index is 0.182. The molecule has 18 heavy (non-hydrogen) atoms.